The summed E-state index contributed by atoms with van der Waals surface area (Å²) in [5.74, 6) is -3.35. The van der Waals surface area contributed by atoms with Gasteiger partial charge >= 0.3 is 18.1 Å². The molecular weight excluding hydrogens is 381 g/mol. The molecule has 0 aromatic rings. The van der Waals surface area contributed by atoms with E-state index in [-0.39, 0.29) is 24.7 Å². The van der Waals surface area contributed by atoms with Crippen LogP contribution in [0.5, 0.6) is 0 Å². The average Bonchev–Trinajstić information content (AvgIpc) is 2.60. The highest BCUT2D eigenvalue weighted by Crippen LogP contribution is 2.26. The first-order valence-corrected chi connectivity index (χ1v) is 9.21. The predicted molar refractivity (Wildman–Crippen MR) is 94.2 cm³/mol. The highest BCUT2D eigenvalue weighted by molar-refractivity contribution is 5.89. The first kappa shape index (κ1) is 23.9. The minimum Gasteiger partial charge on any atom is -0.463 e. The second kappa shape index (κ2) is 10.4. The van der Waals surface area contributed by atoms with Gasteiger partial charge in [0.25, 0.3) is 0 Å². The number of carbonyl (C=O) groups is 3. The van der Waals surface area contributed by atoms with Crippen molar-refractivity contribution in [2.75, 3.05) is 6.61 Å². The van der Waals surface area contributed by atoms with Crippen LogP contribution in [0.4, 0.5) is 13.2 Å². The number of amides is 2. The van der Waals surface area contributed by atoms with Crippen LogP contribution in [0.2, 0.25) is 0 Å². The summed E-state index contributed by atoms with van der Waals surface area (Å²) < 4.78 is 49.1. The highest BCUT2D eigenvalue weighted by Gasteiger charge is 2.44. The number of ether oxygens (including phenoxy) is 2. The summed E-state index contributed by atoms with van der Waals surface area (Å²) in [6.07, 6.45) is -3.76. The Hall–Kier alpha value is -2.10. The van der Waals surface area contributed by atoms with Crippen molar-refractivity contribution in [3.05, 3.63) is 11.6 Å². The van der Waals surface area contributed by atoms with Crippen LogP contribution < -0.4 is 10.6 Å². The van der Waals surface area contributed by atoms with Gasteiger partial charge in [-0.3, -0.25) is 9.59 Å². The Labute approximate surface area is 162 Å². The molecule has 2 N–H and O–H groups in total. The van der Waals surface area contributed by atoms with E-state index in [2.05, 4.69) is 5.32 Å². The Bertz CT molecular complexity index is 603. The third kappa shape index (κ3) is 6.81. The van der Waals surface area contributed by atoms with Gasteiger partial charge in [-0.25, -0.2) is 4.79 Å². The van der Waals surface area contributed by atoms with E-state index in [1.54, 1.807) is 6.92 Å². The van der Waals surface area contributed by atoms with E-state index < -0.39 is 42.1 Å². The topological polar surface area (TPSA) is 93.7 Å². The van der Waals surface area contributed by atoms with Gasteiger partial charge in [-0.1, -0.05) is 13.8 Å². The number of hydrogen-bond acceptors (Lipinski definition) is 5. The van der Waals surface area contributed by atoms with Gasteiger partial charge in [0.2, 0.25) is 5.91 Å². The SMILES string of the molecule is CCOC(=O)C1=C[C@@H](OC(CC)CC)[C@H](NC(C)=O)[C@@H](NC(=O)C(F)(F)F)C1. The van der Waals surface area contributed by atoms with E-state index in [9.17, 15) is 27.6 Å². The fraction of sp³-hybridized carbons (Fsp3) is 0.722. The monoisotopic (exact) mass is 408 g/mol. The van der Waals surface area contributed by atoms with Crippen molar-refractivity contribution >= 4 is 17.8 Å². The first-order chi connectivity index (χ1) is 13.0. The lowest BCUT2D eigenvalue weighted by Gasteiger charge is -2.38. The summed E-state index contributed by atoms with van der Waals surface area (Å²) in [5.41, 5.74) is 0.0897. The molecule has 1 rings (SSSR count). The van der Waals surface area contributed by atoms with Gasteiger partial charge in [0.1, 0.15) is 0 Å². The Morgan fingerprint density at radius 2 is 1.79 bits per heavy atom. The summed E-state index contributed by atoms with van der Waals surface area (Å²) in [6, 6.07) is -2.16. The number of hydrogen-bond donors (Lipinski definition) is 2. The molecule has 160 valence electrons. The zero-order valence-corrected chi connectivity index (χ0v) is 16.4. The minimum absolute atomic E-state index is 0.0863. The smallest absolute Gasteiger partial charge is 0.463 e. The van der Waals surface area contributed by atoms with Gasteiger partial charge < -0.3 is 20.1 Å². The quantitative estimate of drug-likeness (QED) is 0.600. The zero-order valence-electron chi connectivity index (χ0n) is 16.4. The molecule has 2 amide bonds. The maximum absolute atomic E-state index is 12.7. The number of esters is 1. The van der Waals surface area contributed by atoms with Crippen LogP contribution in [-0.4, -0.2) is 54.9 Å². The van der Waals surface area contributed by atoms with E-state index >= 15 is 0 Å². The van der Waals surface area contributed by atoms with Crippen LogP contribution in [0.1, 0.15) is 47.0 Å². The predicted octanol–water partition coefficient (Wildman–Crippen LogP) is 2.01. The van der Waals surface area contributed by atoms with Crippen molar-refractivity contribution in [3.8, 4) is 0 Å². The van der Waals surface area contributed by atoms with E-state index in [1.807, 2.05) is 19.2 Å². The number of nitrogens with one attached hydrogen (secondary N) is 2. The lowest BCUT2D eigenvalue weighted by atomic mass is 9.87. The Morgan fingerprint density at radius 1 is 1.18 bits per heavy atom. The van der Waals surface area contributed by atoms with Crippen LogP contribution in [0.15, 0.2) is 11.6 Å². The largest absolute Gasteiger partial charge is 0.471 e. The summed E-state index contributed by atoms with van der Waals surface area (Å²) in [5, 5.41) is 4.41. The molecule has 0 fully saturated rings. The van der Waals surface area contributed by atoms with Crippen molar-refractivity contribution < 1.29 is 37.0 Å². The first-order valence-electron chi connectivity index (χ1n) is 9.21. The molecule has 0 radical (unpaired) electrons. The second-order valence-corrected chi connectivity index (χ2v) is 6.46. The van der Waals surface area contributed by atoms with Gasteiger partial charge in [-0.15, -0.1) is 0 Å². The van der Waals surface area contributed by atoms with E-state index in [1.165, 1.54) is 13.0 Å². The molecule has 0 aromatic carbocycles. The average molecular weight is 408 g/mol. The highest BCUT2D eigenvalue weighted by atomic mass is 19.4. The van der Waals surface area contributed by atoms with Crippen LogP contribution in [-0.2, 0) is 23.9 Å². The molecule has 0 saturated carbocycles. The molecule has 0 bridgehead atoms. The fourth-order valence-electron chi connectivity index (χ4n) is 2.97. The van der Waals surface area contributed by atoms with E-state index in [0.29, 0.717) is 12.8 Å². The van der Waals surface area contributed by atoms with Crippen LogP contribution in [0.3, 0.4) is 0 Å². The summed E-state index contributed by atoms with van der Waals surface area (Å²) in [6.45, 7) is 6.65. The molecule has 1 aliphatic carbocycles. The maximum atomic E-state index is 12.7. The van der Waals surface area contributed by atoms with Crippen molar-refractivity contribution in [1.29, 1.82) is 0 Å². The molecule has 28 heavy (non-hydrogen) atoms. The molecule has 0 unspecified atom stereocenters. The van der Waals surface area contributed by atoms with Crippen molar-refractivity contribution in [3.63, 3.8) is 0 Å². The maximum Gasteiger partial charge on any atom is 0.471 e. The normalized spacial score (nSPS) is 22.4. The van der Waals surface area contributed by atoms with E-state index in [4.69, 9.17) is 9.47 Å². The molecule has 10 heteroatoms. The molecule has 0 saturated heterocycles. The van der Waals surface area contributed by atoms with E-state index in [0.717, 1.165) is 0 Å². The summed E-state index contributed by atoms with van der Waals surface area (Å²) in [7, 11) is 0. The van der Waals surface area contributed by atoms with Crippen molar-refractivity contribution in [2.24, 2.45) is 0 Å². The number of alkyl halides is 3. The Morgan fingerprint density at radius 3 is 2.25 bits per heavy atom. The van der Waals surface area contributed by atoms with Crippen molar-refractivity contribution in [2.45, 2.75) is 77.4 Å². The Kier molecular flexibility index (Phi) is 8.93. The van der Waals surface area contributed by atoms with Crippen LogP contribution in [0, 0.1) is 0 Å². The van der Waals surface area contributed by atoms with Crippen LogP contribution in [0.25, 0.3) is 0 Å². The Balaban J connectivity index is 3.26. The third-order valence-electron chi connectivity index (χ3n) is 4.33. The van der Waals surface area contributed by atoms with Gasteiger partial charge in [0.15, 0.2) is 0 Å². The molecule has 0 aliphatic heterocycles. The number of halogens is 3. The molecule has 1 aliphatic rings. The number of carbonyl (C=O) groups excluding carboxylic acids is 3. The van der Waals surface area contributed by atoms with Gasteiger partial charge in [-0.05, 0) is 25.8 Å². The lowest BCUT2D eigenvalue weighted by Crippen LogP contribution is -2.61. The van der Waals surface area contributed by atoms with Gasteiger partial charge in [0, 0.05) is 18.9 Å². The minimum atomic E-state index is -5.10. The lowest BCUT2D eigenvalue weighted by molar-refractivity contribution is -0.175. The summed E-state index contributed by atoms with van der Waals surface area (Å²) in [4.78, 5) is 35.3. The molecular formula is C18H27F3N2O5. The van der Waals surface area contributed by atoms with Crippen LogP contribution >= 0.6 is 0 Å². The standard InChI is InChI=1S/C18H27F3N2O5/c1-5-12(6-2)28-14-9-11(16(25)27-7-3)8-13(15(14)22-10(4)24)23-17(26)18(19,20)21/h9,12-15H,5-8H2,1-4H3,(H,22,24)(H,23,26)/t13-,14+,15+/m0/s1. The number of rotatable bonds is 8. The molecule has 3 atom stereocenters. The van der Waals surface area contributed by atoms with Gasteiger partial charge in [0.05, 0.1) is 30.9 Å². The summed E-state index contributed by atoms with van der Waals surface area (Å²) >= 11 is 0. The second-order valence-electron chi connectivity index (χ2n) is 6.46. The van der Waals surface area contributed by atoms with Crippen molar-refractivity contribution in [1.82, 2.24) is 10.6 Å². The molecule has 0 heterocycles. The fourth-order valence-corrected chi connectivity index (χ4v) is 2.97. The molecule has 0 aromatic heterocycles. The molecule has 7 nitrogen and oxygen atoms in total. The zero-order chi connectivity index (χ0) is 21.5. The molecule has 0 spiro atoms. The third-order valence-corrected chi connectivity index (χ3v) is 4.33. The van der Waals surface area contributed by atoms with Gasteiger partial charge in [-0.2, -0.15) is 13.2 Å².